The van der Waals surface area contributed by atoms with Crippen LogP contribution in [0.4, 0.5) is 9.80 Å². The molecule has 1 amide bonds. The van der Waals surface area contributed by atoms with E-state index in [0.717, 1.165) is 27.3 Å². The first-order chi connectivity index (χ1) is 17.1. The number of nitrogens with one attached hydrogen (secondary N) is 1. The number of pyridine rings is 1. The highest BCUT2D eigenvalue weighted by atomic mass is 32.1. The van der Waals surface area contributed by atoms with Crippen LogP contribution in [0.3, 0.4) is 0 Å². The molecule has 0 saturated carbocycles. The first-order valence-electron chi connectivity index (χ1n) is 11.3. The monoisotopic (exact) mass is 491 g/mol. The molecule has 0 bridgehead atoms. The van der Waals surface area contributed by atoms with Crippen LogP contribution in [0.15, 0.2) is 48.8 Å². The highest BCUT2D eigenvalue weighted by Gasteiger charge is 2.29. The summed E-state index contributed by atoms with van der Waals surface area (Å²) in [5.74, 6) is 0.591. The van der Waals surface area contributed by atoms with Crippen molar-refractivity contribution in [2.75, 3.05) is 12.4 Å². The second kappa shape index (κ2) is 11.5. The van der Waals surface area contributed by atoms with Crippen molar-refractivity contribution >= 4 is 28.4 Å². The van der Waals surface area contributed by atoms with Gasteiger partial charge in [-0.05, 0) is 48.6 Å². The van der Waals surface area contributed by atoms with Crippen LogP contribution >= 0.6 is 11.3 Å². The van der Waals surface area contributed by atoms with Crippen LogP contribution in [0.5, 0.6) is 5.75 Å². The number of hydrogen-bond acceptors (Lipinski definition) is 8. The zero-order valence-corrected chi connectivity index (χ0v) is 20.1. The van der Waals surface area contributed by atoms with Gasteiger partial charge < -0.3 is 19.5 Å². The molecule has 4 rings (SSSR count). The number of methoxy groups -OCH3 is 1. The minimum Gasteiger partial charge on any atom is -0.497 e. The van der Waals surface area contributed by atoms with E-state index < -0.39 is 6.16 Å². The molecule has 0 aliphatic heterocycles. The highest BCUT2D eigenvalue weighted by Crippen LogP contribution is 2.38. The molecule has 1 N–H and O–H groups in total. The molecule has 3 aromatic rings. The van der Waals surface area contributed by atoms with Gasteiger partial charge in [0.05, 0.1) is 12.7 Å². The average Bonchev–Trinajstić information content (AvgIpc) is 3.23. The minimum absolute atomic E-state index is 0.0914. The molecule has 2 heterocycles. The third-order valence-corrected chi connectivity index (χ3v) is 6.87. The van der Waals surface area contributed by atoms with Gasteiger partial charge in [0.2, 0.25) is 5.91 Å². The second-order valence-corrected chi connectivity index (χ2v) is 9.21. The number of nitrogens with zero attached hydrogens (tertiary/aromatic N) is 2. The molecule has 2 aromatic heterocycles. The second-order valence-electron chi connectivity index (χ2n) is 8.10. The zero-order valence-electron chi connectivity index (χ0n) is 19.3. The maximum atomic E-state index is 12.6. The van der Waals surface area contributed by atoms with Gasteiger partial charge in [-0.15, -0.1) is 11.3 Å². The third-order valence-electron chi connectivity index (χ3n) is 5.70. The quantitative estimate of drug-likeness (QED) is 0.450. The van der Waals surface area contributed by atoms with Gasteiger partial charge in [0.15, 0.2) is 0 Å². The van der Waals surface area contributed by atoms with E-state index in [4.69, 9.17) is 14.2 Å². The van der Waals surface area contributed by atoms with Gasteiger partial charge in [-0.2, -0.15) is 5.26 Å². The number of amides is 1. The average molecular weight is 492 g/mol. The minimum atomic E-state index is -0.731. The van der Waals surface area contributed by atoms with Crippen LogP contribution in [-0.4, -0.2) is 30.3 Å². The maximum Gasteiger partial charge on any atom is 0.508 e. The predicted molar refractivity (Wildman–Crippen MR) is 130 cm³/mol. The van der Waals surface area contributed by atoms with Crippen molar-refractivity contribution in [3.63, 3.8) is 0 Å². The first-order valence-corrected chi connectivity index (χ1v) is 12.1. The number of aryl methyl sites for hydroxylation is 1. The summed E-state index contributed by atoms with van der Waals surface area (Å²) in [7, 11) is 1.61. The Hall–Kier alpha value is -3.90. The van der Waals surface area contributed by atoms with E-state index in [0.29, 0.717) is 36.2 Å². The van der Waals surface area contributed by atoms with Crippen molar-refractivity contribution in [3.8, 4) is 11.8 Å². The van der Waals surface area contributed by atoms with Crippen LogP contribution in [0.2, 0.25) is 0 Å². The lowest BCUT2D eigenvalue weighted by atomic mass is 9.94. The summed E-state index contributed by atoms with van der Waals surface area (Å²) < 4.78 is 15.9. The Labute approximate surface area is 207 Å². The Balaban J connectivity index is 1.32. The summed E-state index contributed by atoms with van der Waals surface area (Å²) in [5, 5.41) is 13.2. The molecule has 0 saturated heterocycles. The highest BCUT2D eigenvalue weighted by molar-refractivity contribution is 7.16. The van der Waals surface area contributed by atoms with Gasteiger partial charge in [-0.3, -0.25) is 9.78 Å². The van der Waals surface area contributed by atoms with Gasteiger partial charge in [0, 0.05) is 35.7 Å². The molecule has 1 aliphatic carbocycles. The number of fused-ring (bicyclic) bond motifs is 1. The molecule has 35 heavy (non-hydrogen) atoms. The van der Waals surface area contributed by atoms with Crippen molar-refractivity contribution < 1.29 is 23.8 Å². The Morgan fingerprint density at radius 1 is 1.26 bits per heavy atom. The van der Waals surface area contributed by atoms with E-state index in [1.54, 1.807) is 25.6 Å². The normalized spacial score (nSPS) is 14.3. The molecule has 0 radical (unpaired) electrons. The van der Waals surface area contributed by atoms with Crippen molar-refractivity contribution in [1.29, 1.82) is 5.26 Å². The largest absolute Gasteiger partial charge is 0.508 e. The van der Waals surface area contributed by atoms with Gasteiger partial charge in [0.25, 0.3) is 0 Å². The summed E-state index contributed by atoms with van der Waals surface area (Å²) in [4.78, 5) is 29.6. The first kappa shape index (κ1) is 24.2. The summed E-state index contributed by atoms with van der Waals surface area (Å²) in [5.41, 5.74) is 3.20. The van der Waals surface area contributed by atoms with Gasteiger partial charge in [-0.25, -0.2) is 4.79 Å². The molecule has 0 spiro atoms. The van der Waals surface area contributed by atoms with Crippen molar-refractivity contribution in [1.82, 2.24) is 4.98 Å². The SMILES string of the molecule is COc1cccc(CCC(=O)Nc2sc3c(c2C#N)CCC(OC(=O)OCc2cccnc2)C3)c1. The summed E-state index contributed by atoms with van der Waals surface area (Å²) >= 11 is 1.37. The fraction of sp³-hybridized carbons (Fsp3) is 0.308. The lowest BCUT2D eigenvalue weighted by molar-refractivity contribution is -0.116. The topological polar surface area (TPSA) is 111 Å². The van der Waals surface area contributed by atoms with E-state index in [-0.39, 0.29) is 25.0 Å². The van der Waals surface area contributed by atoms with Crippen molar-refractivity contribution in [3.05, 3.63) is 75.9 Å². The number of carbonyl (C=O) groups is 2. The zero-order chi connectivity index (χ0) is 24.6. The predicted octanol–water partition coefficient (Wildman–Crippen LogP) is 4.81. The molecule has 0 fully saturated rings. The summed E-state index contributed by atoms with van der Waals surface area (Å²) in [6.45, 7) is 0.0914. The number of carbonyl (C=O) groups excluding carboxylic acids is 2. The molecular weight excluding hydrogens is 466 g/mol. The molecule has 1 aromatic carbocycles. The molecule has 9 heteroatoms. The van der Waals surface area contributed by atoms with Crippen molar-refractivity contribution in [2.24, 2.45) is 0 Å². The van der Waals surface area contributed by atoms with E-state index in [1.807, 2.05) is 30.3 Å². The number of ether oxygens (including phenoxy) is 3. The Kier molecular flexibility index (Phi) is 7.95. The Bertz CT molecular complexity index is 1240. The maximum absolute atomic E-state index is 12.6. The van der Waals surface area contributed by atoms with E-state index in [2.05, 4.69) is 16.4 Å². The van der Waals surface area contributed by atoms with E-state index in [1.165, 1.54) is 11.3 Å². The number of aromatic nitrogens is 1. The van der Waals surface area contributed by atoms with Crippen LogP contribution in [0.25, 0.3) is 0 Å². The van der Waals surface area contributed by atoms with Crippen LogP contribution in [-0.2, 0) is 40.1 Å². The number of rotatable bonds is 8. The van der Waals surface area contributed by atoms with Crippen molar-refractivity contribution in [2.45, 2.75) is 44.8 Å². The lowest BCUT2D eigenvalue weighted by Crippen LogP contribution is -2.25. The van der Waals surface area contributed by atoms with Crippen LogP contribution < -0.4 is 10.1 Å². The lowest BCUT2D eigenvalue weighted by Gasteiger charge is -2.22. The molecule has 1 aliphatic rings. The standard InChI is InChI=1S/C26H25N3O5S/c1-32-19-6-2-4-17(12-19)7-10-24(30)29-25-22(14-27)21-9-8-20(13-23(21)35-25)34-26(31)33-16-18-5-3-11-28-15-18/h2-6,11-12,15,20H,7-10,13,16H2,1H3,(H,29,30). The Morgan fingerprint density at radius 2 is 2.11 bits per heavy atom. The Morgan fingerprint density at radius 3 is 2.89 bits per heavy atom. The van der Waals surface area contributed by atoms with Crippen LogP contribution in [0.1, 0.15) is 40.0 Å². The van der Waals surface area contributed by atoms with E-state index in [9.17, 15) is 14.9 Å². The van der Waals surface area contributed by atoms with Gasteiger partial charge in [0.1, 0.15) is 29.5 Å². The number of nitriles is 1. The molecule has 180 valence electrons. The summed E-state index contributed by atoms with van der Waals surface area (Å²) in [6, 6.07) is 13.4. The molecule has 1 atom stereocenters. The number of hydrogen-bond donors (Lipinski definition) is 1. The van der Waals surface area contributed by atoms with Crippen LogP contribution in [0, 0.1) is 11.3 Å². The third kappa shape index (κ3) is 6.37. The van der Waals surface area contributed by atoms with Gasteiger partial charge in [-0.1, -0.05) is 18.2 Å². The van der Waals surface area contributed by atoms with Gasteiger partial charge >= 0.3 is 6.16 Å². The smallest absolute Gasteiger partial charge is 0.497 e. The fourth-order valence-electron chi connectivity index (χ4n) is 3.93. The molecular formula is C26H25N3O5S. The molecule has 1 unspecified atom stereocenters. The molecule has 8 nitrogen and oxygen atoms in total. The number of benzene rings is 1. The van der Waals surface area contributed by atoms with E-state index >= 15 is 0 Å². The summed E-state index contributed by atoms with van der Waals surface area (Å²) in [6.07, 6.45) is 4.71. The number of anilines is 1. The fourth-order valence-corrected chi connectivity index (χ4v) is 5.21. The number of thiophene rings is 1.